The Morgan fingerprint density at radius 1 is 0.769 bits per heavy atom. The standard InChI is InChI=1S/C20H15N3O2S/c24-26(25,19-9-2-1-3-10-19)23-15-18(14-22-23)16-7-6-8-17(13-16)20-11-4-5-12-21-20/h1-15H. The van der Waals surface area contributed by atoms with Gasteiger partial charge in [-0.05, 0) is 35.9 Å². The minimum atomic E-state index is -3.70. The zero-order chi connectivity index (χ0) is 18.0. The van der Waals surface area contributed by atoms with Gasteiger partial charge in [0.1, 0.15) is 0 Å². The van der Waals surface area contributed by atoms with E-state index in [-0.39, 0.29) is 4.90 Å². The van der Waals surface area contributed by atoms with Crippen LogP contribution in [0.5, 0.6) is 0 Å². The lowest BCUT2D eigenvalue weighted by atomic mass is 10.0. The van der Waals surface area contributed by atoms with Crippen molar-refractivity contribution < 1.29 is 8.42 Å². The van der Waals surface area contributed by atoms with Crippen molar-refractivity contribution in [1.29, 1.82) is 0 Å². The minimum absolute atomic E-state index is 0.205. The van der Waals surface area contributed by atoms with Crippen LogP contribution in [-0.4, -0.2) is 22.6 Å². The quantitative estimate of drug-likeness (QED) is 0.554. The SMILES string of the molecule is O=S(=O)(c1ccccc1)n1cc(-c2cccc(-c3ccccn3)c2)cn1. The topological polar surface area (TPSA) is 64.8 Å². The fraction of sp³-hybridized carbons (Fsp3) is 0. The summed E-state index contributed by atoms with van der Waals surface area (Å²) < 4.78 is 26.3. The molecule has 0 fully saturated rings. The van der Waals surface area contributed by atoms with Crippen LogP contribution in [0.4, 0.5) is 0 Å². The van der Waals surface area contributed by atoms with Gasteiger partial charge >= 0.3 is 0 Å². The Morgan fingerprint density at radius 3 is 2.31 bits per heavy atom. The van der Waals surface area contributed by atoms with Crippen molar-refractivity contribution in [2.45, 2.75) is 4.90 Å². The van der Waals surface area contributed by atoms with Crippen molar-refractivity contribution in [3.63, 3.8) is 0 Å². The summed E-state index contributed by atoms with van der Waals surface area (Å²) in [4.78, 5) is 4.56. The highest BCUT2D eigenvalue weighted by atomic mass is 32.2. The molecule has 0 amide bonds. The van der Waals surface area contributed by atoms with Gasteiger partial charge in [0.25, 0.3) is 10.0 Å². The molecule has 2 aromatic carbocycles. The first-order valence-electron chi connectivity index (χ1n) is 8.02. The van der Waals surface area contributed by atoms with Gasteiger partial charge in [-0.15, -0.1) is 0 Å². The van der Waals surface area contributed by atoms with E-state index in [2.05, 4.69) is 10.1 Å². The van der Waals surface area contributed by atoms with E-state index in [0.717, 1.165) is 26.5 Å². The second kappa shape index (κ2) is 6.57. The first-order chi connectivity index (χ1) is 12.6. The lowest BCUT2D eigenvalue weighted by molar-refractivity contribution is 0.580. The molecule has 0 saturated heterocycles. The zero-order valence-electron chi connectivity index (χ0n) is 13.7. The fourth-order valence-corrected chi connectivity index (χ4v) is 3.82. The van der Waals surface area contributed by atoms with E-state index in [1.807, 2.05) is 42.5 Å². The van der Waals surface area contributed by atoms with Crippen LogP contribution in [0.2, 0.25) is 0 Å². The van der Waals surface area contributed by atoms with Crippen molar-refractivity contribution in [2.24, 2.45) is 0 Å². The molecule has 0 N–H and O–H groups in total. The fourth-order valence-electron chi connectivity index (χ4n) is 2.68. The summed E-state index contributed by atoms with van der Waals surface area (Å²) in [6, 6.07) is 21.8. The van der Waals surface area contributed by atoms with E-state index in [9.17, 15) is 8.42 Å². The first kappa shape index (κ1) is 16.2. The Morgan fingerprint density at radius 2 is 1.54 bits per heavy atom. The van der Waals surface area contributed by atoms with Crippen molar-refractivity contribution in [2.75, 3.05) is 0 Å². The van der Waals surface area contributed by atoms with Crippen LogP contribution in [0, 0.1) is 0 Å². The Labute approximate surface area is 151 Å². The van der Waals surface area contributed by atoms with Crippen LogP contribution in [0.3, 0.4) is 0 Å². The number of hydrogen-bond acceptors (Lipinski definition) is 4. The Hall–Kier alpha value is -3.25. The second-order valence-electron chi connectivity index (χ2n) is 5.72. The van der Waals surface area contributed by atoms with Crippen LogP contribution < -0.4 is 0 Å². The molecule has 4 rings (SSSR count). The number of hydrogen-bond donors (Lipinski definition) is 0. The van der Waals surface area contributed by atoms with Gasteiger partial charge in [0.2, 0.25) is 0 Å². The molecule has 0 spiro atoms. The number of benzene rings is 2. The van der Waals surface area contributed by atoms with Gasteiger partial charge in [-0.3, -0.25) is 4.98 Å². The molecule has 0 aliphatic rings. The molecule has 2 heterocycles. The molecule has 0 aliphatic carbocycles. The molecule has 0 atom stereocenters. The summed E-state index contributed by atoms with van der Waals surface area (Å²) in [5.74, 6) is 0. The van der Waals surface area contributed by atoms with Gasteiger partial charge in [-0.1, -0.05) is 42.5 Å². The summed E-state index contributed by atoms with van der Waals surface area (Å²) in [5, 5.41) is 4.06. The van der Waals surface area contributed by atoms with E-state index in [1.165, 1.54) is 6.20 Å². The Balaban J connectivity index is 1.71. The first-order valence-corrected chi connectivity index (χ1v) is 9.46. The maximum absolute atomic E-state index is 12.7. The molecular formula is C20H15N3O2S. The summed E-state index contributed by atoms with van der Waals surface area (Å²) in [7, 11) is -3.70. The number of nitrogens with zero attached hydrogens (tertiary/aromatic N) is 3. The van der Waals surface area contributed by atoms with Gasteiger partial charge in [0.05, 0.1) is 23.0 Å². The molecule has 5 nitrogen and oxygen atoms in total. The lowest BCUT2D eigenvalue weighted by Crippen LogP contribution is -2.13. The largest absolute Gasteiger partial charge is 0.282 e. The number of pyridine rings is 1. The highest BCUT2D eigenvalue weighted by Crippen LogP contribution is 2.25. The lowest BCUT2D eigenvalue weighted by Gasteiger charge is -2.04. The predicted molar refractivity (Wildman–Crippen MR) is 99.9 cm³/mol. The number of aromatic nitrogens is 3. The van der Waals surface area contributed by atoms with Gasteiger partial charge < -0.3 is 0 Å². The van der Waals surface area contributed by atoms with Gasteiger partial charge in [0.15, 0.2) is 0 Å². The summed E-state index contributed by atoms with van der Waals surface area (Å²) in [5.41, 5.74) is 3.42. The van der Waals surface area contributed by atoms with E-state index in [4.69, 9.17) is 0 Å². The van der Waals surface area contributed by atoms with Crippen LogP contribution in [0.1, 0.15) is 0 Å². The van der Waals surface area contributed by atoms with Crippen molar-refractivity contribution >= 4 is 10.0 Å². The normalized spacial score (nSPS) is 11.4. The van der Waals surface area contributed by atoms with Gasteiger partial charge in [-0.25, -0.2) is 0 Å². The predicted octanol–water partition coefficient (Wildman–Crippen LogP) is 3.85. The average molecular weight is 361 g/mol. The van der Waals surface area contributed by atoms with Crippen molar-refractivity contribution in [3.05, 3.63) is 91.4 Å². The van der Waals surface area contributed by atoms with Crippen LogP contribution in [0.15, 0.2) is 96.3 Å². The highest BCUT2D eigenvalue weighted by molar-refractivity contribution is 7.89. The third-order valence-corrected chi connectivity index (χ3v) is 5.56. The van der Waals surface area contributed by atoms with E-state index >= 15 is 0 Å². The third kappa shape index (κ3) is 3.02. The van der Waals surface area contributed by atoms with E-state index < -0.39 is 10.0 Å². The maximum Gasteiger partial charge on any atom is 0.282 e. The summed E-state index contributed by atoms with van der Waals surface area (Å²) >= 11 is 0. The molecule has 0 unspecified atom stereocenters. The van der Waals surface area contributed by atoms with Gasteiger partial charge in [-0.2, -0.15) is 17.6 Å². The molecule has 0 aliphatic heterocycles. The molecular weight excluding hydrogens is 346 g/mol. The Kier molecular flexibility index (Phi) is 4.10. The zero-order valence-corrected chi connectivity index (χ0v) is 14.5. The molecule has 0 saturated carbocycles. The third-order valence-electron chi connectivity index (χ3n) is 4.00. The number of rotatable bonds is 4. The molecule has 128 valence electrons. The van der Waals surface area contributed by atoms with Gasteiger partial charge in [0, 0.05) is 17.3 Å². The monoisotopic (exact) mass is 361 g/mol. The molecule has 2 aromatic heterocycles. The molecule has 6 heteroatoms. The average Bonchev–Trinajstić information content (AvgIpc) is 3.21. The minimum Gasteiger partial charge on any atom is -0.256 e. The van der Waals surface area contributed by atoms with Crippen LogP contribution in [-0.2, 0) is 10.0 Å². The molecule has 0 bridgehead atoms. The highest BCUT2D eigenvalue weighted by Gasteiger charge is 2.18. The van der Waals surface area contributed by atoms with Crippen molar-refractivity contribution in [1.82, 2.24) is 14.2 Å². The molecule has 4 aromatic rings. The second-order valence-corrected chi connectivity index (χ2v) is 7.51. The smallest absolute Gasteiger partial charge is 0.256 e. The van der Waals surface area contributed by atoms with E-state index in [0.29, 0.717) is 0 Å². The maximum atomic E-state index is 12.7. The summed E-state index contributed by atoms with van der Waals surface area (Å²) in [6.07, 6.45) is 4.82. The van der Waals surface area contributed by atoms with Crippen molar-refractivity contribution in [3.8, 4) is 22.4 Å². The molecule has 0 radical (unpaired) electrons. The van der Waals surface area contributed by atoms with Crippen LogP contribution >= 0.6 is 0 Å². The summed E-state index contributed by atoms with van der Waals surface area (Å²) in [6.45, 7) is 0. The molecule has 26 heavy (non-hydrogen) atoms. The van der Waals surface area contributed by atoms with E-state index in [1.54, 1.807) is 42.7 Å². The van der Waals surface area contributed by atoms with Crippen LogP contribution in [0.25, 0.3) is 22.4 Å². The Bertz CT molecular complexity index is 1140.